The van der Waals surface area contributed by atoms with Gasteiger partial charge in [-0.25, -0.2) is 19.9 Å². The van der Waals surface area contributed by atoms with E-state index in [4.69, 9.17) is 31.5 Å². The van der Waals surface area contributed by atoms with Crippen molar-refractivity contribution < 1.29 is 10.0 Å². The number of hydrogen-bond donors (Lipinski definition) is 2. The molecule has 2 aliphatic rings. The van der Waals surface area contributed by atoms with Crippen molar-refractivity contribution in [3.8, 4) is 90.3 Å². The summed E-state index contributed by atoms with van der Waals surface area (Å²) in [6.07, 6.45) is 0. The predicted octanol–water partition coefficient (Wildman–Crippen LogP) is 20.1. The molecule has 0 atom stereocenters. The second kappa shape index (κ2) is 24.2. The van der Waals surface area contributed by atoms with E-state index in [-0.39, 0.29) is 10.8 Å². The Labute approximate surface area is 562 Å². The Morgan fingerprint density at radius 2 is 0.656 bits per heavy atom. The SMILES string of the molecule is CC1(C)c2cc(-c3cccc(-n4c5ccccc5c5ccccc54)c3)ccc2-c2nc(-c3ccccc3)nc(-c3ccccc3)c21.CC1(C)c2cc(Cl)ccc2-c2nc(-c3ccccc3)nc(-c3ccccc3)c21.OB(O)c1cccc(-n2c3ccccc3c3ccccc32)c1. The quantitative estimate of drug-likeness (QED) is 0.147. The Morgan fingerprint density at radius 1 is 0.312 bits per heavy atom. The van der Waals surface area contributed by atoms with Gasteiger partial charge in [-0.3, -0.25) is 0 Å². The molecule has 8 nitrogen and oxygen atoms in total. The first-order valence-corrected chi connectivity index (χ1v) is 32.8. The first-order valence-electron chi connectivity index (χ1n) is 32.4. The normalized spacial score (nSPS) is 12.9. The van der Waals surface area contributed by atoms with E-state index < -0.39 is 7.12 Å². The van der Waals surface area contributed by atoms with Crippen LogP contribution in [-0.2, 0) is 10.8 Å². The molecular weight excluding hydrogens is 1200 g/mol. The molecule has 12 aromatic carbocycles. The zero-order valence-electron chi connectivity index (χ0n) is 53.4. The fraction of sp³-hybridized carbons (Fsp3) is 0.0698. The molecule has 0 amide bonds. The molecule has 0 fully saturated rings. The maximum Gasteiger partial charge on any atom is 0.488 e. The highest BCUT2D eigenvalue weighted by molar-refractivity contribution is 6.58. The van der Waals surface area contributed by atoms with Crippen LogP contribution >= 0.6 is 11.6 Å². The molecule has 18 rings (SSSR count). The number of rotatable bonds is 8. The van der Waals surface area contributed by atoms with Crippen LogP contribution in [0, 0.1) is 0 Å². The molecule has 0 radical (unpaired) electrons. The van der Waals surface area contributed by atoms with Crippen LogP contribution in [0.5, 0.6) is 0 Å². The molecule has 0 bridgehead atoms. The first-order chi connectivity index (χ1) is 46.9. The van der Waals surface area contributed by atoms with E-state index in [1.165, 1.54) is 66.0 Å². The van der Waals surface area contributed by atoms with Gasteiger partial charge in [-0.2, -0.15) is 0 Å². The summed E-state index contributed by atoms with van der Waals surface area (Å²) in [6, 6.07) is 104. The van der Waals surface area contributed by atoms with Gasteiger partial charge in [0.2, 0.25) is 0 Å². The van der Waals surface area contributed by atoms with Gasteiger partial charge in [-0.15, -0.1) is 0 Å². The minimum Gasteiger partial charge on any atom is -0.423 e. The van der Waals surface area contributed by atoms with Crippen LogP contribution in [0.3, 0.4) is 0 Å². The van der Waals surface area contributed by atoms with Gasteiger partial charge >= 0.3 is 7.12 Å². The highest BCUT2D eigenvalue weighted by Crippen LogP contribution is 2.54. The summed E-state index contributed by atoms with van der Waals surface area (Å²) in [6.45, 7) is 9.08. The van der Waals surface area contributed by atoms with E-state index >= 15 is 0 Å². The molecule has 0 saturated heterocycles. The van der Waals surface area contributed by atoms with Crippen LogP contribution in [0.1, 0.15) is 49.9 Å². The Morgan fingerprint density at radius 3 is 1.09 bits per heavy atom. The summed E-state index contributed by atoms with van der Waals surface area (Å²) in [7, 11) is -1.46. The number of aromatic nitrogens is 6. The molecule has 4 heterocycles. The van der Waals surface area contributed by atoms with Crippen molar-refractivity contribution in [2.24, 2.45) is 0 Å². The van der Waals surface area contributed by atoms with Crippen LogP contribution in [-0.4, -0.2) is 46.2 Å². The van der Waals surface area contributed by atoms with Crippen LogP contribution in [0.15, 0.2) is 303 Å². The highest BCUT2D eigenvalue weighted by atomic mass is 35.5. The zero-order valence-corrected chi connectivity index (χ0v) is 54.2. The van der Waals surface area contributed by atoms with Gasteiger partial charge in [0.1, 0.15) is 0 Å². The van der Waals surface area contributed by atoms with Crippen LogP contribution < -0.4 is 5.46 Å². The van der Waals surface area contributed by atoms with Crippen LogP contribution in [0.2, 0.25) is 5.02 Å². The summed E-state index contributed by atoms with van der Waals surface area (Å²) in [4.78, 5) is 20.5. The summed E-state index contributed by atoms with van der Waals surface area (Å²) in [5.41, 5.74) is 24.5. The van der Waals surface area contributed by atoms with Crippen molar-refractivity contribution in [1.29, 1.82) is 0 Å². The fourth-order valence-electron chi connectivity index (χ4n) is 14.5. The second-order valence-electron chi connectivity index (χ2n) is 25.7. The summed E-state index contributed by atoms with van der Waals surface area (Å²) >= 11 is 6.34. The van der Waals surface area contributed by atoms with E-state index in [1.807, 2.05) is 91.0 Å². The van der Waals surface area contributed by atoms with Gasteiger partial charge in [-0.05, 0) is 94.4 Å². The standard InChI is InChI=1S/C43H31N3.C25H19ClN2.C18H14BNO2/c1-43(2)36-27-31(30-18-13-19-32(26-30)46-37-22-11-9-20-33(37)34-21-10-12-23-38(34)46)24-25-35(36)41-39(43)40(28-14-5-3-6-15-28)44-42(45-41)29-16-7-4-8-17-29;1-25(2)20-15-18(26)13-14-19(20)23-21(25)22(16-9-5-3-6-10-16)27-24(28-23)17-11-7-4-8-12-17;21-19(22)13-6-5-7-14(12-13)20-17-10-3-1-8-15(17)16-9-2-4-11-18(16)20/h3-27H,1-2H3;3-15H,1-2H3;1-12,21-22H. The first kappa shape index (κ1) is 59.7. The number of benzene rings is 12. The van der Waals surface area contributed by atoms with Crippen molar-refractivity contribution in [1.82, 2.24) is 29.1 Å². The van der Waals surface area contributed by atoms with E-state index in [2.05, 4.69) is 243 Å². The molecular formula is C86H64BClN6O2. The Kier molecular flexibility index (Phi) is 15.1. The van der Waals surface area contributed by atoms with Crippen molar-refractivity contribution in [3.05, 3.63) is 331 Å². The molecule has 0 spiro atoms. The second-order valence-corrected chi connectivity index (χ2v) is 26.1. The highest BCUT2D eigenvalue weighted by Gasteiger charge is 2.42. The van der Waals surface area contributed by atoms with Gasteiger partial charge in [-0.1, -0.05) is 276 Å². The molecule has 2 N–H and O–H groups in total. The summed E-state index contributed by atoms with van der Waals surface area (Å²) in [5.74, 6) is 1.50. The molecule has 96 heavy (non-hydrogen) atoms. The average molecular weight is 1260 g/mol. The van der Waals surface area contributed by atoms with Crippen molar-refractivity contribution in [3.63, 3.8) is 0 Å². The number of nitrogens with zero attached hydrogens (tertiary/aromatic N) is 6. The molecule has 4 aromatic heterocycles. The molecule has 16 aromatic rings. The van der Waals surface area contributed by atoms with Crippen molar-refractivity contribution >= 4 is 67.8 Å². The third kappa shape index (κ3) is 10.4. The maximum atomic E-state index is 9.42. The minimum absolute atomic E-state index is 0.226. The average Bonchev–Trinajstić information content (AvgIpc) is 1.55. The fourth-order valence-corrected chi connectivity index (χ4v) is 14.7. The summed E-state index contributed by atoms with van der Waals surface area (Å²) in [5, 5.41) is 24.5. The third-order valence-corrected chi connectivity index (χ3v) is 19.3. The van der Waals surface area contributed by atoms with E-state index in [0.717, 1.165) is 95.2 Å². The van der Waals surface area contributed by atoms with Crippen LogP contribution in [0.4, 0.5) is 0 Å². The lowest BCUT2D eigenvalue weighted by molar-refractivity contribution is 0.425. The number of para-hydroxylation sites is 4. The largest absolute Gasteiger partial charge is 0.488 e. The molecule has 460 valence electrons. The topological polar surface area (TPSA) is 102 Å². The number of fused-ring (bicyclic) bond motifs is 12. The molecule has 0 saturated carbocycles. The number of hydrogen-bond acceptors (Lipinski definition) is 6. The Bertz CT molecular complexity index is 5550. The van der Waals surface area contributed by atoms with E-state index in [9.17, 15) is 10.0 Å². The third-order valence-electron chi connectivity index (χ3n) is 19.1. The lowest BCUT2D eigenvalue weighted by atomic mass is 9.80. The maximum absolute atomic E-state index is 9.42. The molecule has 2 aliphatic carbocycles. The smallest absolute Gasteiger partial charge is 0.423 e. The van der Waals surface area contributed by atoms with Crippen LogP contribution in [0.25, 0.3) is 134 Å². The zero-order chi connectivity index (χ0) is 65.2. The summed E-state index contributed by atoms with van der Waals surface area (Å²) < 4.78 is 4.53. The van der Waals surface area contributed by atoms with Crippen molar-refractivity contribution in [2.45, 2.75) is 38.5 Å². The monoisotopic (exact) mass is 1260 g/mol. The molecule has 0 unspecified atom stereocenters. The van der Waals surface area contributed by atoms with Gasteiger partial charge < -0.3 is 19.2 Å². The van der Waals surface area contributed by atoms with Gasteiger partial charge in [0.05, 0.1) is 44.8 Å². The lowest BCUT2D eigenvalue weighted by Gasteiger charge is -2.24. The van der Waals surface area contributed by atoms with E-state index in [0.29, 0.717) is 5.46 Å². The lowest BCUT2D eigenvalue weighted by Crippen LogP contribution is -2.29. The minimum atomic E-state index is -1.46. The van der Waals surface area contributed by atoms with E-state index in [1.54, 1.807) is 6.07 Å². The Hall–Kier alpha value is -11.3. The van der Waals surface area contributed by atoms with Gasteiger partial charge in [0, 0.05) is 93.3 Å². The van der Waals surface area contributed by atoms with Crippen molar-refractivity contribution in [2.75, 3.05) is 0 Å². The predicted molar refractivity (Wildman–Crippen MR) is 396 cm³/mol. The van der Waals surface area contributed by atoms with Gasteiger partial charge in [0.25, 0.3) is 0 Å². The number of halogens is 1. The molecule has 0 aliphatic heterocycles. The Balaban J connectivity index is 0.000000123. The van der Waals surface area contributed by atoms with Gasteiger partial charge in [0.15, 0.2) is 11.6 Å². The molecule has 10 heteroatoms.